The van der Waals surface area contributed by atoms with Gasteiger partial charge in [0.2, 0.25) is 0 Å². The Morgan fingerprint density at radius 1 is 1.53 bits per heavy atom. The molecule has 4 nitrogen and oxygen atoms in total. The van der Waals surface area contributed by atoms with Crippen LogP contribution in [0.4, 0.5) is 10.7 Å². The van der Waals surface area contributed by atoms with Crippen molar-refractivity contribution in [1.29, 1.82) is 0 Å². The summed E-state index contributed by atoms with van der Waals surface area (Å²) in [7, 11) is 3.53. The smallest absolute Gasteiger partial charge is 0.265 e. The summed E-state index contributed by atoms with van der Waals surface area (Å²) in [6, 6.07) is 0.401. The van der Waals surface area contributed by atoms with E-state index in [1.807, 2.05) is 0 Å². The lowest BCUT2D eigenvalue weighted by atomic mass is 10.1. The van der Waals surface area contributed by atoms with Crippen LogP contribution in [0.2, 0.25) is 0 Å². The normalized spacial score (nSPS) is 16.2. The molecule has 0 aliphatic heterocycles. The summed E-state index contributed by atoms with van der Waals surface area (Å²) in [4.78, 5) is 14.4. The van der Waals surface area contributed by atoms with Crippen LogP contribution in [-0.4, -0.2) is 30.9 Å². The van der Waals surface area contributed by atoms with Gasteiger partial charge in [-0.15, -0.1) is 11.3 Å². The number of rotatable bonds is 5. The van der Waals surface area contributed by atoms with Crippen molar-refractivity contribution in [2.75, 3.05) is 25.1 Å². The van der Waals surface area contributed by atoms with Crippen molar-refractivity contribution in [3.8, 4) is 0 Å². The maximum absolute atomic E-state index is 12.2. The zero-order valence-electron chi connectivity index (χ0n) is 12.1. The van der Waals surface area contributed by atoms with Crippen molar-refractivity contribution in [3.05, 3.63) is 10.4 Å². The van der Waals surface area contributed by atoms with Crippen LogP contribution in [0.3, 0.4) is 0 Å². The molecular formula is C14H23N3OS. The molecule has 0 radical (unpaired) electrons. The van der Waals surface area contributed by atoms with Gasteiger partial charge in [0.1, 0.15) is 4.88 Å². The Kier molecular flexibility index (Phi) is 4.04. The number of nitrogens with two attached hydrogens (primary N) is 1. The van der Waals surface area contributed by atoms with Crippen LogP contribution in [0.15, 0.2) is 0 Å². The summed E-state index contributed by atoms with van der Waals surface area (Å²) in [6.07, 6.45) is 3.43. The van der Waals surface area contributed by atoms with E-state index in [0.717, 1.165) is 11.4 Å². The summed E-state index contributed by atoms with van der Waals surface area (Å²) in [5, 5.41) is 4.60. The minimum absolute atomic E-state index is 0.00148. The number of carbonyl (C=O) groups is 1. The summed E-state index contributed by atoms with van der Waals surface area (Å²) in [5.41, 5.74) is 8.09. The molecule has 1 aliphatic carbocycles. The summed E-state index contributed by atoms with van der Waals surface area (Å²) < 4.78 is 0. The first-order valence-corrected chi connectivity index (χ1v) is 7.67. The van der Waals surface area contributed by atoms with Crippen molar-refractivity contribution >= 4 is 27.9 Å². The molecule has 0 aromatic carbocycles. The quantitative estimate of drug-likeness (QED) is 0.872. The number of nitrogens with zero attached hydrogens (tertiary/aromatic N) is 1. The Hall–Kier alpha value is -1.23. The van der Waals surface area contributed by atoms with Gasteiger partial charge in [0.25, 0.3) is 5.91 Å². The predicted molar refractivity (Wildman–Crippen MR) is 82.1 cm³/mol. The van der Waals surface area contributed by atoms with Gasteiger partial charge in [-0.25, -0.2) is 0 Å². The lowest BCUT2D eigenvalue weighted by Gasteiger charge is -2.13. The molecule has 2 rings (SSSR count). The summed E-state index contributed by atoms with van der Waals surface area (Å²) in [6.45, 7) is 4.30. The van der Waals surface area contributed by atoms with Gasteiger partial charge in [0, 0.05) is 25.7 Å². The molecule has 1 aromatic heterocycles. The minimum Gasteiger partial charge on any atom is -0.397 e. The van der Waals surface area contributed by atoms with E-state index in [-0.39, 0.29) is 5.91 Å². The Bertz CT molecular complexity index is 477. The molecule has 1 heterocycles. The molecule has 0 saturated heterocycles. The molecular weight excluding hydrogens is 258 g/mol. The SMILES string of the molecule is CCC(C)Nc1sc(C(=O)N(C)C)c(N)c1C1CC1. The number of carbonyl (C=O) groups excluding carboxylic acids is 1. The van der Waals surface area contributed by atoms with Crippen LogP contribution in [0, 0.1) is 0 Å². The highest BCUT2D eigenvalue weighted by molar-refractivity contribution is 7.18. The lowest BCUT2D eigenvalue weighted by Crippen LogP contribution is -2.21. The Labute approximate surface area is 119 Å². The third-order valence-electron chi connectivity index (χ3n) is 3.56. The van der Waals surface area contributed by atoms with E-state index in [4.69, 9.17) is 5.73 Å². The first-order valence-electron chi connectivity index (χ1n) is 6.86. The van der Waals surface area contributed by atoms with E-state index >= 15 is 0 Å². The molecule has 19 heavy (non-hydrogen) atoms. The summed E-state index contributed by atoms with van der Waals surface area (Å²) >= 11 is 1.51. The standard InChI is InChI=1S/C14H23N3OS/c1-5-8(2)16-13-10(9-6-7-9)11(15)12(19-13)14(18)17(3)4/h8-9,16H,5-7,15H2,1-4H3. The van der Waals surface area contributed by atoms with Crippen LogP contribution < -0.4 is 11.1 Å². The topological polar surface area (TPSA) is 58.4 Å². The van der Waals surface area contributed by atoms with Crippen molar-refractivity contribution in [2.24, 2.45) is 0 Å². The Morgan fingerprint density at radius 3 is 2.63 bits per heavy atom. The van der Waals surface area contributed by atoms with Crippen LogP contribution in [0.5, 0.6) is 0 Å². The van der Waals surface area contributed by atoms with E-state index in [1.165, 1.54) is 29.7 Å². The number of thiophene rings is 1. The van der Waals surface area contributed by atoms with Crippen LogP contribution in [0.25, 0.3) is 0 Å². The van der Waals surface area contributed by atoms with Gasteiger partial charge in [-0.05, 0) is 32.1 Å². The molecule has 3 N–H and O–H groups in total. The number of hydrogen-bond donors (Lipinski definition) is 2. The van der Waals surface area contributed by atoms with E-state index < -0.39 is 0 Å². The number of nitrogen functional groups attached to an aromatic ring is 1. The van der Waals surface area contributed by atoms with Gasteiger partial charge in [-0.2, -0.15) is 0 Å². The van der Waals surface area contributed by atoms with Crippen LogP contribution >= 0.6 is 11.3 Å². The molecule has 1 aromatic rings. The number of nitrogens with one attached hydrogen (secondary N) is 1. The van der Waals surface area contributed by atoms with Gasteiger partial charge in [-0.3, -0.25) is 4.79 Å². The van der Waals surface area contributed by atoms with Crippen molar-refractivity contribution in [1.82, 2.24) is 4.90 Å². The molecule has 0 bridgehead atoms. The zero-order chi connectivity index (χ0) is 14.2. The fourth-order valence-electron chi connectivity index (χ4n) is 2.03. The van der Waals surface area contributed by atoms with Crippen molar-refractivity contribution in [3.63, 3.8) is 0 Å². The monoisotopic (exact) mass is 281 g/mol. The van der Waals surface area contributed by atoms with Crippen molar-refractivity contribution < 1.29 is 4.79 Å². The van der Waals surface area contributed by atoms with Gasteiger partial charge < -0.3 is 16.0 Å². The zero-order valence-corrected chi connectivity index (χ0v) is 12.9. The number of amides is 1. The molecule has 1 atom stereocenters. The molecule has 1 saturated carbocycles. The molecule has 1 unspecified atom stereocenters. The van der Waals surface area contributed by atoms with Gasteiger partial charge >= 0.3 is 0 Å². The fraction of sp³-hybridized carbons (Fsp3) is 0.643. The molecule has 1 fully saturated rings. The van der Waals surface area contributed by atoms with Crippen molar-refractivity contribution in [2.45, 2.75) is 45.1 Å². The second-order valence-corrected chi connectivity index (χ2v) is 6.54. The minimum atomic E-state index is 0.00148. The van der Waals surface area contributed by atoms with E-state index in [9.17, 15) is 4.79 Å². The molecule has 5 heteroatoms. The maximum Gasteiger partial charge on any atom is 0.265 e. The van der Waals surface area contributed by atoms with E-state index in [2.05, 4.69) is 19.2 Å². The highest BCUT2D eigenvalue weighted by Gasteiger charge is 2.33. The lowest BCUT2D eigenvalue weighted by molar-refractivity contribution is 0.0833. The van der Waals surface area contributed by atoms with Crippen LogP contribution in [0.1, 0.15) is 54.3 Å². The third-order valence-corrected chi connectivity index (χ3v) is 4.70. The predicted octanol–water partition coefficient (Wildman–Crippen LogP) is 3.12. The highest BCUT2D eigenvalue weighted by atomic mass is 32.1. The largest absolute Gasteiger partial charge is 0.397 e. The fourth-order valence-corrected chi connectivity index (χ4v) is 3.37. The second kappa shape index (κ2) is 5.41. The second-order valence-electron chi connectivity index (χ2n) is 5.52. The average Bonchev–Trinajstić information content (AvgIpc) is 3.14. The van der Waals surface area contributed by atoms with E-state index in [0.29, 0.717) is 22.5 Å². The highest BCUT2D eigenvalue weighted by Crippen LogP contribution is 2.51. The molecule has 106 valence electrons. The van der Waals surface area contributed by atoms with Gasteiger partial charge in [-0.1, -0.05) is 6.92 Å². The molecule has 0 spiro atoms. The maximum atomic E-state index is 12.2. The third kappa shape index (κ3) is 2.86. The number of hydrogen-bond acceptors (Lipinski definition) is 4. The van der Waals surface area contributed by atoms with Crippen LogP contribution in [-0.2, 0) is 0 Å². The number of anilines is 2. The average molecular weight is 281 g/mol. The van der Waals surface area contributed by atoms with E-state index in [1.54, 1.807) is 19.0 Å². The first kappa shape index (κ1) is 14.2. The molecule has 1 aliphatic rings. The van der Waals surface area contributed by atoms with Gasteiger partial charge in [0.15, 0.2) is 0 Å². The van der Waals surface area contributed by atoms with Gasteiger partial charge in [0.05, 0.1) is 10.7 Å². The Balaban J connectivity index is 2.36. The first-order chi connectivity index (χ1) is 8.95. The summed E-state index contributed by atoms with van der Waals surface area (Å²) in [5.74, 6) is 0.549. The molecule has 1 amide bonds. The Morgan fingerprint density at radius 2 is 2.16 bits per heavy atom.